The minimum absolute atomic E-state index is 0.0565. The number of benzene rings is 3. The first-order valence-corrected chi connectivity index (χ1v) is 10.1. The van der Waals surface area contributed by atoms with Crippen LogP contribution in [0.4, 0.5) is 4.79 Å². The number of ether oxygens (including phenoxy) is 1. The summed E-state index contributed by atoms with van der Waals surface area (Å²) in [5.74, 6) is 0.319. The summed E-state index contributed by atoms with van der Waals surface area (Å²) in [6, 6.07) is 20.0. The molecule has 1 aliphatic rings. The van der Waals surface area contributed by atoms with E-state index in [4.69, 9.17) is 4.74 Å². The Morgan fingerprint density at radius 2 is 1.57 bits per heavy atom. The standard InChI is InChI=1S/C26H25NO3/c1-17-14-19(28)15-18(2)20(17)12-7-13-27-26(29)30-16-25-23-10-5-3-8-21(23)22-9-4-6-11-24(22)25/h3-12,14-15,25,28H,13,16H2,1-2H3,(H,27,29). The third-order valence-corrected chi connectivity index (χ3v) is 5.57. The Kier molecular flexibility index (Phi) is 5.57. The maximum Gasteiger partial charge on any atom is 0.407 e. The summed E-state index contributed by atoms with van der Waals surface area (Å²) in [6.07, 6.45) is 3.41. The lowest BCUT2D eigenvalue weighted by molar-refractivity contribution is 0.144. The molecule has 0 aliphatic heterocycles. The average Bonchev–Trinajstić information content (AvgIpc) is 3.05. The lowest BCUT2D eigenvalue weighted by Gasteiger charge is -2.14. The summed E-state index contributed by atoms with van der Waals surface area (Å²) in [7, 11) is 0. The van der Waals surface area contributed by atoms with Crippen LogP contribution in [0.25, 0.3) is 17.2 Å². The summed E-state index contributed by atoms with van der Waals surface area (Å²) < 4.78 is 5.54. The summed E-state index contributed by atoms with van der Waals surface area (Å²) in [5, 5.41) is 12.4. The van der Waals surface area contributed by atoms with Crippen LogP contribution in [0.5, 0.6) is 5.75 Å². The van der Waals surface area contributed by atoms with E-state index in [1.165, 1.54) is 22.3 Å². The normalized spacial score (nSPS) is 12.6. The van der Waals surface area contributed by atoms with Crippen LogP contribution in [0.2, 0.25) is 0 Å². The van der Waals surface area contributed by atoms with E-state index in [2.05, 4.69) is 29.6 Å². The quantitative estimate of drug-likeness (QED) is 0.590. The van der Waals surface area contributed by atoms with Crippen molar-refractivity contribution in [3.8, 4) is 16.9 Å². The highest BCUT2D eigenvalue weighted by molar-refractivity contribution is 5.79. The lowest BCUT2D eigenvalue weighted by atomic mass is 9.98. The minimum atomic E-state index is -0.430. The molecular weight excluding hydrogens is 374 g/mol. The van der Waals surface area contributed by atoms with Gasteiger partial charge >= 0.3 is 6.09 Å². The number of nitrogens with one attached hydrogen (secondary N) is 1. The second kappa shape index (κ2) is 8.46. The molecule has 0 bridgehead atoms. The minimum Gasteiger partial charge on any atom is -0.508 e. The lowest BCUT2D eigenvalue weighted by Crippen LogP contribution is -2.26. The number of aromatic hydroxyl groups is 1. The molecule has 0 saturated carbocycles. The predicted octanol–water partition coefficient (Wildman–Crippen LogP) is 5.56. The molecular formula is C26H25NO3. The van der Waals surface area contributed by atoms with Crippen LogP contribution >= 0.6 is 0 Å². The second-order valence-electron chi connectivity index (χ2n) is 7.60. The molecule has 30 heavy (non-hydrogen) atoms. The van der Waals surface area contributed by atoms with E-state index in [0.717, 1.165) is 16.7 Å². The summed E-state index contributed by atoms with van der Waals surface area (Å²) in [4.78, 5) is 12.2. The largest absolute Gasteiger partial charge is 0.508 e. The molecule has 4 nitrogen and oxygen atoms in total. The molecule has 0 unspecified atom stereocenters. The molecule has 1 amide bonds. The van der Waals surface area contributed by atoms with Gasteiger partial charge in [0.1, 0.15) is 12.4 Å². The Labute approximate surface area is 176 Å². The molecule has 1 aliphatic carbocycles. The highest BCUT2D eigenvalue weighted by Crippen LogP contribution is 2.44. The van der Waals surface area contributed by atoms with Gasteiger partial charge in [-0.05, 0) is 64.9 Å². The van der Waals surface area contributed by atoms with Crippen LogP contribution in [0.3, 0.4) is 0 Å². The molecule has 2 N–H and O–H groups in total. The van der Waals surface area contributed by atoms with Crippen molar-refractivity contribution in [2.24, 2.45) is 0 Å². The van der Waals surface area contributed by atoms with Crippen molar-refractivity contribution in [1.29, 1.82) is 0 Å². The maximum atomic E-state index is 12.2. The van der Waals surface area contributed by atoms with Crippen molar-refractivity contribution < 1.29 is 14.6 Å². The molecule has 0 aromatic heterocycles. The zero-order valence-electron chi connectivity index (χ0n) is 17.2. The molecule has 3 aromatic carbocycles. The molecule has 4 heteroatoms. The SMILES string of the molecule is Cc1cc(O)cc(C)c1C=CCNC(=O)OCC1c2ccccc2-c2ccccc21. The summed E-state index contributed by atoms with van der Waals surface area (Å²) in [5.41, 5.74) is 7.85. The number of carbonyl (C=O) groups excluding carboxylic acids is 1. The smallest absolute Gasteiger partial charge is 0.407 e. The number of aryl methyl sites for hydroxylation is 2. The van der Waals surface area contributed by atoms with Crippen LogP contribution in [0, 0.1) is 13.8 Å². The Bertz CT molecular complexity index is 1050. The Balaban J connectivity index is 1.35. The monoisotopic (exact) mass is 399 g/mol. The van der Waals surface area contributed by atoms with E-state index in [-0.39, 0.29) is 11.7 Å². The van der Waals surface area contributed by atoms with E-state index in [1.807, 2.05) is 50.3 Å². The first-order chi connectivity index (χ1) is 14.5. The molecule has 0 spiro atoms. The van der Waals surface area contributed by atoms with Crippen LogP contribution in [0.1, 0.15) is 33.7 Å². The molecule has 0 radical (unpaired) electrons. The Morgan fingerprint density at radius 1 is 1.00 bits per heavy atom. The molecule has 0 fully saturated rings. The van der Waals surface area contributed by atoms with Crippen molar-refractivity contribution in [1.82, 2.24) is 5.32 Å². The molecule has 4 rings (SSSR count). The average molecular weight is 399 g/mol. The van der Waals surface area contributed by atoms with Crippen LogP contribution in [0.15, 0.2) is 66.7 Å². The fourth-order valence-electron chi connectivity index (χ4n) is 4.18. The van der Waals surface area contributed by atoms with Gasteiger partial charge in [-0.3, -0.25) is 0 Å². The van der Waals surface area contributed by atoms with Gasteiger partial charge in [-0.15, -0.1) is 0 Å². The second-order valence-corrected chi connectivity index (χ2v) is 7.60. The van der Waals surface area contributed by atoms with Crippen LogP contribution < -0.4 is 5.32 Å². The number of rotatable bonds is 5. The van der Waals surface area contributed by atoms with Crippen LogP contribution in [-0.4, -0.2) is 24.4 Å². The van der Waals surface area contributed by atoms with Gasteiger partial charge in [0.15, 0.2) is 0 Å². The molecule has 152 valence electrons. The van der Waals surface area contributed by atoms with Gasteiger partial charge < -0.3 is 15.2 Å². The number of phenolic OH excluding ortho intramolecular Hbond substituents is 1. The first-order valence-electron chi connectivity index (χ1n) is 10.1. The Morgan fingerprint density at radius 3 is 2.17 bits per heavy atom. The number of phenols is 1. The highest BCUT2D eigenvalue weighted by Gasteiger charge is 2.28. The number of carbonyl (C=O) groups is 1. The van der Waals surface area contributed by atoms with Gasteiger partial charge in [-0.2, -0.15) is 0 Å². The van der Waals surface area contributed by atoms with Gasteiger partial charge in [-0.25, -0.2) is 4.79 Å². The number of alkyl carbamates (subject to hydrolysis) is 1. The van der Waals surface area contributed by atoms with Gasteiger partial charge in [-0.1, -0.05) is 60.7 Å². The molecule has 0 heterocycles. The van der Waals surface area contributed by atoms with E-state index in [1.54, 1.807) is 12.1 Å². The van der Waals surface area contributed by atoms with Crippen molar-refractivity contribution >= 4 is 12.2 Å². The van der Waals surface area contributed by atoms with E-state index >= 15 is 0 Å². The van der Waals surface area contributed by atoms with E-state index in [0.29, 0.717) is 13.2 Å². The zero-order valence-corrected chi connectivity index (χ0v) is 17.2. The molecule has 0 atom stereocenters. The number of hydrogen-bond donors (Lipinski definition) is 2. The topological polar surface area (TPSA) is 58.6 Å². The third-order valence-electron chi connectivity index (χ3n) is 5.57. The van der Waals surface area contributed by atoms with Crippen molar-refractivity contribution in [2.75, 3.05) is 13.2 Å². The van der Waals surface area contributed by atoms with Gasteiger partial charge in [0.25, 0.3) is 0 Å². The van der Waals surface area contributed by atoms with Crippen molar-refractivity contribution in [2.45, 2.75) is 19.8 Å². The molecule has 3 aromatic rings. The number of amides is 1. The molecule has 0 saturated heterocycles. The van der Waals surface area contributed by atoms with E-state index in [9.17, 15) is 9.90 Å². The first kappa shape index (κ1) is 19.8. The fourth-order valence-corrected chi connectivity index (χ4v) is 4.18. The fraction of sp³-hybridized carbons (Fsp3) is 0.192. The predicted molar refractivity (Wildman–Crippen MR) is 120 cm³/mol. The van der Waals surface area contributed by atoms with E-state index < -0.39 is 6.09 Å². The maximum absolute atomic E-state index is 12.2. The highest BCUT2D eigenvalue weighted by atomic mass is 16.5. The Hall–Kier alpha value is -3.53. The van der Waals surface area contributed by atoms with Crippen molar-refractivity contribution in [3.63, 3.8) is 0 Å². The number of hydrogen-bond acceptors (Lipinski definition) is 3. The van der Waals surface area contributed by atoms with Gasteiger partial charge in [0, 0.05) is 12.5 Å². The summed E-state index contributed by atoms with van der Waals surface area (Å²) in [6.45, 7) is 4.58. The van der Waals surface area contributed by atoms with Crippen molar-refractivity contribution in [3.05, 3.63) is 94.6 Å². The number of fused-ring (bicyclic) bond motifs is 3. The zero-order chi connectivity index (χ0) is 21.1. The van der Waals surface area contributed by atoms with Crippen LogP contribution in [-0.2, 0) is 4.74 Å². The van der Waals surface area contributed by atoms with Gasteiger partial charge in [0.05, 0.1) is 0 Å². The summed E-state index contributed by atoms with van der Waals surface area (Å²) >= 11 is 0. The third kappa shape index (κ3) is 3.94. The van der Waals surface area contributed by atoms with Gasteiger partial charge in [0.2, 0.25) is 0 Å².